The predicted molar refractivity (Wildman–Crippen MR) is 72.1 cm³/mol. The van der Waals surface area contributed by atoms with E-state index in [0.29, 0.717) is 32.0 Å². The summed E-state index contributed by atoms with van der Waals surface area (Å²) in [7, 11) is 0. The minimum atomic E-state index is -0.707. The molecule has 20 heavy (non-hydrogen) atoms. The second kappa shape index (κ2) is 5.35. The van der Waals surface area contributed by atoms with Crippen LogP contribution in [0.25, 0.3) is 0 Å². The van der Waals surface area contributed by atoms with Crippen molar-refractivity contribution in [2.75, 3.05) is 26.3 Å². The number of carboxylic acids is 1. The molecule has 1 saturated carbocycles. The van der Waals surface area contributed by atoms with E-state index in [1.54, 1.807) is 0 Å². The number of ether oxygens (including phenoxy) is 1. The first kappa shape index (κ1) is 13.9. The van der Waals surface area contributed by atoms with Crippen LogP contribution >= 0.6 is 0 Å². The number of amides is 1. The van der Waals surface area contributed by atoms with Crippen LogP contribution in [0.2, 0.25) is 0 Å². The van der Waals surface area contributed by atoms with Gasteiger partial charge in [-0.05, 0) is 31.1 Å². The van der Waals surface area contributed by atoms with Crippen LogP contribution in [-0.4, -0.2) is 48.2 Å². The number of fused-ring (bicyclic) bond motifs is 1. The molecule has 2 saturated heterocycles. The lowest BCUT2D eigenvalue weighted by Crippen LogP contribution is -2.41. The Morgan fingerprint density at radius 1 is 1.30 bits per heavy atom. The van der Waals surface area contributed by atoms with Crippen LogP contribution in [0, 0.1) is 17.3 Å². The zero-order valence-electron chi connectivity index (χ0n) is 11.8. The highest BCUT2D eigenvalue weighted by Crippen LogP contribution is 2.47. The molecular weight excluding hydrogens is 258 g/mol. The van der Waals surface area contributed by atoms with Gasteiger partial charge in [-0.3, -0.25) is 9.59 Å². The highest BCUT2D eigenvalue weighted by molar-refractivity contribution is 5.81. The van der Waals surface area contributed by atoms with Crippen molar-refractivity contribution < 1.29 is 19.4 Å². The molecule has 0 bridgehead atoms. The number of carboxylic acid groups (broad SMARTS) is 1. The van der Waals surface area contributed by atoms with Gasteiger partial charge < -0.3 is 14.7 Å². The molecule has 1 unspecified atom stereocenters. The van der Waals surface area contributed by atoms with Crippen molar-refractivity contribution in [1.29, 1.82) is 0 Å². The van der Waals surface area contributed by atoms with Crippen molar-refractivity contribution in [2.24, 2.45) is 17.3 Å². The summed E-state index contributed by atoms with van der Waals surface area (Å²) < 4.78 is 5.31. The molecule has 5 nitrogen and oxygen atoms in total. The molecule has 0 aromatic rings. The summed E-state index contributed by atoms with van der Waals surface area (Å²) in [6, 6.07) is 0. The third-order valence-corrected chi connectivity index (χ3v) is 5.39. The summed E-state index contributed by atoms with van der Waals surface area (Å²) in [5.74, 6) is -0.111. The molecule has 3 fully saturated rings. The van der Waals surface area contributed by atoms with Gasteiger partial charge in [-0.1, -0.05) is 12.8 Å². The molecule has 2 aliphatic heterocycles. The number of carbonyl (C=O) groups is 2. The van der Waals surface area contributed by atoms with Gasteiger partial charge in [0.1, 0.15) is 0 Å². The van der Waals surface area contributed by atoms with Gasteiger partial charge in [0.15, 0.2) is 0 Å². The van der Waals surface area contributed by atoms with Crippen molar-refractivity contribution >= 4 is 11.9 Å². The summed E-state index contributed by atoms with van der Waals surface area (Å²) in [6.07, 6.45) is 5.21. The fourth-order valence-electron chi connectivity index (χ4n) is 4.12. The van der Waals surface area contributed by atoms with Crippen LogP contribution in [0.15, 0.2) is 0 Å². The number of rotatable bonds is 3. The maximum atomic E-state index is 12.4. The summed E-state index contributed by atoms with van der Waals surface area (Å²) in [5.41, 5.74) is -0.667. The molecule has 0 radical (unpaired) electrons. The minimum absolute atomic E-state index is 0.121. The zero-order valence-corrected chi connectivity index (χ0v) is 11.8. The van der Waals surface area contributed by atoms with Gasteiger partial charge in [0.25, 0.3) is 0 Å². The first-order chi connectivity index (χ1) is 9.62. The van der Waals surface area contributed by atoms with Crippen LogP contribution in [0.4, 0.5) is 0 Å². The van der Waals surface area contributed by atoms with Gasteiger partial charge >= 0.3 is 5.97 Å². The molecule has 0 spiro atoms. The molecule has 2 heterocycles. The third-order valence-electron chi connectivity index (χ3n) is 5.39. The first-order valence-corrected chi connectivity index (χ1v) is 7.71. The average Bonchev–Trinajstić information content (AvgIpc) is 3.05. The maximum absolute atomic E-state index is 12.4. The number of carbonyl (C=O) groups excluding carboxylic acids is 1. The lowest BCUT2D eigenvalue weighted by molar-refractivity contribution is -0.152. The SMILES string of the molecule is O=C(CC1CCOC1)N1C[C@H]2CCCC[C@@]2(C(=O)O)C1. The van der Waals surface area contributed by atoms with E-state index in [2.05, 4.69) is 0 Å². The Morgan fingerprint density at radius 2 is 2.15 bits per heavy atom. The quantitative estimate of drug-likeness (QED) is 0.851. The molecule has 112 valence electrons. The molecule has 5 heteroatoms. The number of nitrogens with zero attached hydrogens (tertiary/aromatic N) is 1. The number of aliphatic carboxylic acids is 1. The summed E-state index contributed by atoms with van der Waals surface area (Å²) in [6.45, 7) is 2.48. The maximum Gasteiger partial charge on any atom is 0.311 e. The second-order valence-corrected chi connectivity index (χ2v) is 6.61. The largest absolute Gasteiger partial charge is 0.481 e. The van der Waals surface area contributed by atoms with Crippen molar-refractivity contribution in [2.45, 2.75) is 38.5 Å². The van der Waals surface area contributed by atoms with Gasteiger partial charge in [-0.15, -0.1) is 0 Å². The van der Waals surface area contributed by atoms with Crippen LogP contribution in [0.3, 0.4) is 0 Å². The van der Waals surface area contributed by atoms with E-state index < -0.39 is 11.4 Å². The summed E-state index contributed by atoms with van der Waals surface area (Å²) in [4.78, 5) is 25.9. The van der Waals surface area contributed by atoms with Gasteiger partial charge in [0, 0.05) is 32.7 Å². The molecule has 3 atom stereocenters. The molecule has 0 aromatic heterocycles. The van der Waals surface area contributed by atoms with Crippen LogP contribution in [0.1, 0.15) is 38.5 Å². The molecular formula is C15H23NO4. The smallest absolute Gasteiger partial charge is 0.311 e. The second-order valence-electron chi connectivity index (χ2n) is 6.61. The monoisotopic (exact) mass is 281 g/mol. The van der Waals surface area contributed by atoms with Gasteiger partial charge in [0.2, 0.25) is 5.91 Å². The summed E-state index contributed by atoms with van der Waals surface area (Å²) >= 11 is 0. The molecule has 1 aliphatic carbocycles. The Morgan fingerprint density at radius 3 is 2.80 bits per heavy atom. The van der Waals surface area contributed by atoms with E-state index in [1.165, 1.54) is 0 Å². The first-order valence-electron chi connectivity index (χ1n) is 7.71. The molecule has 0 aromatic carbocycles. The number of likely N-dealkylation sites (tertiary alicyclic amines) is 1. The van der Waals surface area contributed by atoms with E-state index >= 15 is 0 Å². The molecule has 1 amide bonds. The van der Waals surface area contributed by atoms with E-state index in [9.17, 15) is 14.7 Å². The Balaban J connectivity index is 1.67. The van der Waals surface area contributed by atoms with Gasteiger partial charge in [-0.2, -0.15) is 0 Å². The third kappa shape index (κ3) is 2.32. The zero-order chi connectivity index (χ0) is 14.2. The minimum Gasteiger partial charge on any atom is -0.481 e. The van der Waals surface area contributed by atoms with Gasteiger partial charge in [-0.25, -0.2) is 0 Å². The fourth-order valence-corrected chi connectivity index (χ4v) is 4.12. The lowest BCUT2D eigenvalue weighted by Gasteiger charge is -2.34. The standard InChI is InChI=1S/C15H23NO4/c17-13(7-11-4-6-20-9-11)16-8-12-3-1-2-5-15(12,10-16)14(18)19/h11-12H,1-10H2,(H,18,19)/t11?,12-,15-/m1/s1. The normalized spacial score (nSPS) is 36.9. The Labute approximate surface area is 119 Å². The topological polar surface area (TPSA) is 66.8 Å². The van der Waals surface area contributed by atoms with E-state index in [1.807, 2.05) is 4.90 Å². The lowest BCUT2D eigenvalue weighted by atomic mass is 9.68. The van der Waals surface area contributed by atoms with Gasteiger partial charge in [0.05, 0.1) is 5.41 Å². The average molecular weight is 281 g/mol. The highest BCUT2D eigenvalue weighted by atomic mass is 16.5. The fraction of sp³-hybridized carbons (Fsp3) is 0.867. The Kier molecular flexibility index (Phi) is 3.71. The Bertz CT molecular complexity index is 405. The predicted octanol–water partition coefficient (Wildman–Crippen LogP) is 1.52. The molecule has 1 N–H and O–H groups in total. The van der Waals surface area contributed by atoms with Crippen molar-refractivity contribution in [3.05, 3.63) is 0 Å². The van der Waals surface area contributed by atoms with Crippen LogP contribution in [0.5, 0.6) is 0 Å². The van der Waals surface area contributed by atoms with Crippen LogP contribution in [-0.2, 0) is 14.3 Å². The Hall–Kier alpha value is -1.10. The van der Waals surface area contributed by atoms with Crippen molar-refractivity contribution in [3.63, 3.8) is 0 Å². The number of hydrogen-bond acceptors (Lipinski definition) is 3. The van der Waals surface area contributed by atoms with E-state index in [-0.39, 0.29) is 11.8 Å². The number of hydrogen-bond donors (Lipinski definition) is 1. The molecule has 3 aliphatic rings. The highest BCUT2D eigenvalue weighted by Gasteiger charge is 2.54. The molecule has 3 rings (SSSR count). The van der Waals surface area contributed by atoms with E-state index in [4.69, 9.17) is 4.74 Å². The van der Waals surface area contributed by atoms with Crippen molar-refractivity contribution in [1.82, 2.24) is 4.90 Å². The van der Waals surface area contributed by atoms with Crippen LogP contribution < -0.4 is 0 Å². The van der Waals surface area contributed by atoms with E-state index in [0.717, 1.165) is 38.7 Å². The van der Waals surface area contributed by atoms with Crippen molar-refractivity contribution in [3.8, 4) is 0 Å². The summed E-state index contributed by atoms with van der Waals surface area (Å²) in [5, 5.41) is 9.62.